The third-order valence-electron chi connectivity index (χ3n) is 5.44. The second kappa shape index (κ2) is 9.49. The van der Waals surface area contributed by atoms with Crippen molar-refractivity contribution in [2.75, 3.05) is 18.5 Å². The zero-order valence-electron chi connectivity index (χ0n) is 17.4. The molecule has 2 aromatic carbocycles. The van der Waals surface area contributed by atoms with Gasteiger partial charge in [-0.3, -0.25) is 9.59 Å². The Morgan fingerprint density at radius 3 is 2.77 bits per heavy atom. The maximum atomic E-state index is 12.4. The second-order valence-corrected chi connectivity index (χ2v) is 8.08. The van der Waals surface area contributed by atoms with Gasteiger partial charge in [0.25, 0.3) is 5.91 Å². The lowest BCUT2D eigenvalue weighted by atomic mass is 10.2. The van der Waals surface area contributed by atoms with Gasteiger partial charge in [0, 0.05) is 42.9 Å². The Hall–Kier alpha value is -2.90. The molecule has 2 N–H and O–H groups in total. The number of carbonyl (C=O) groups excluding carboxylic acids is 2. The normalized spacial score (nSPS) is 15.9. The maximum absolute atomic E-state index is 12.4. The molecule has 2 amide bonds. The fourth-order valence-corrected chi connectivity index (χ4v) is 3.84. The Labute approximate surface area is 185 Å². The highest BCUT2D eigenvalue weighted by Crippen LogP contribution is 2.21. The number of halogens is 1. The molecule has 3 aromatic rings. The molecule has 1 aliphatic rings. The summed E-state index contributed by atoms with van der Waals surface area (Å²) in [6, 6.07) is 12.4. The number of amides is 2. The van der Waals surface area contributed by atoms with Crippen LogP contribution in [0, 0.1) is 0 Å². The van der Waals surface area contributed by atoms with Gasteiger partial charge in [-0.1, -0.05) is 11.6 Å². The number of rotatable bonds is 7. The number of imidazole rings is 1. The predicted octanol–water partition coefficient (Wildman–Crippen LogP) is 3.71. The molecule has 31 heavy (non-hydrogen) atoms. The zero-order chi connectivity index (χ0) is 21.8. The number of carbonyl (C=O) groups is 2. The van der Waals surface area contributed by atoms with Gasteiger partial charge in [-0.2, -0.15) is 0 Å². The number of aromatic nitrogens is 2. The Morgan fingerprint density at radius 2 is 2.03 bits per heavy atom. The number of fused-ring (bicyclic) bond motifs is 1. The SMILES string of the molecule is Cn1c(CCCNC(=O)[C@@H]2CCCO2)nc2cc(NC(=O)c3ccc(Cl)cc3)ccc21. The lowest BCUT2D eigenvalue weighted by Crippen LogP contribution is -2.34. The van der Waals surface area contributed by atoms with Crippen molar-refractivity contribution in [3.63, 3.8) is 0 Å². The van der Waals surface area contributed by atoms with Gasteiger partial charge in [-0.05, 0) is 61.7 Å². The van der Waals surface area contributed by atoms with Crippen LogP contribution in [0.2, 0.25) is 5.02 Å². The summed E-state index contributed by atoms with van der Waals surface area (Å²) in [5, 5.41) is 6.43. The van der Waals surface area contributed by atoms with E-state index in [1.807, 2.05) is 29.8 Å². The Kier molecular flexibility index (Phi) is 6.53. The maximum Gasteiger partial charge on any atom is 0.255 e. The van der Waals surface area contributed by atoms with Crippen LogP contribution in [-0.2, 0) is 23.0 Å². The van der Waals surface area contributed by atoms with Crippen molar-refractivity contribution >= 4 is 40.1 Å². The van der Waals surface area contributed by atoms with Crippen molar-refractivity contribution in [2.45, 2.75) is 31.8 Å². The van der Waals surface area contributed by atoms with Crippen molar-refractivity contribution in [3.8, 4) is 0 Å². The molecule has 0 bridgehead atoms. The molecule has 0 saturated carbocycles. The molecular formula is C23H25ClN4O3. The van der Waals surface area contributed by atoms with Gasteiger partial charge in [0.05, 0.1) is 11.0 Å². The summed E-state index contributed by atoms with van der Waals surface area (Å²) in [5.74, 6) is 0.709. The first-order valence-corrected chi connectivity index (χ1v) is 10.8. The highest BCUT2D eigenvalue weighted by Gasteiger charge is 2.22. The lowest BCUT2D eigenvalue weighted by Gasteiger charge is -2.10. The number of nitrogens with zero attached hydrogens (tertiary/aromatic N) is 2. The molecule has 0 spiro atoms. The van der Waals surface area contributed by atoms with Crippen molar-refractivity contribution in [1.29, 1.82) is 0 Å². The molecule has 1 aromatic heterocycles. The molecule has 162 valence electrons. The molecule has 1 aliphatic heterocycles. The molecule has 0 unspecified atom stereocenters. The van der Waals surface area contributed by atoms with Gasteiger partial charge < -0.3 is 19.9 Å². The first kappa shape index (κ1) is 21.3. The summed E-state index contributed by atoms with van der Waals surface area (Å²) in [6.45, 7) is 1.25. The van der Waals surface area contributed by atoms with Gasteiger partial charge in [0.2, 0.25) is 5.91 Å². The largest absolute Gasteiger partial charge is 0.368 e. The molecule has 7 nitrogen and oxygen atoms in total. The number of hydrogen-bond acceptors (Lipinski definition) is 4. The zero-order valence-corrected chi connectivity index (χ0v) is 18.1. The number of anilines is 1. The molecule has 8 heteroatoms. The van der Waals surface area contributed by atoms with E-state index >= 15 is 0 Å². The van der Waals surface area contributed by atoms with E-state index in [-0.39, 0.29) is 17.9 Å². The van der Waals surface area contributed by atoms with Gasteiger partial charge >= 0.3 is 0 Å². The van der Waals surface area contributed by atoms with Crippen LogP contribution in [-0.4, -0.2) is 40.6 Å². The van der Waals surface area contributed by atoms with Crippen LogP contribution in [0.3, 0.4) is 0 Å². The molecule has 1 atom stereocenters. The van der Waals surface area contributed by atoms with Gasteiger partial charge in [-0.25, -0.2) is 4.98 Å². The highest BCUT2D eigenvalue weighted by atomic mass is 35.5. The van der Waals surface area contributed by atoms with E-state index in [1.54, 1.807) is 24.3 Å². The second-order valence-electron chi connectivity index (χ2n) is 7.65. The first-order chi connectivity index (χ1) is 15.0. The molecule has 0 aliphatic carbocycles. The average molecular weight is 441 g/mol. The number of hydrogen-bond donors (Lipinski definition) is 2. The number of aryl methyl sites for hydroxylation is 2. The Morgan fingerprint density at radius 1 is 1.23 bits per heavy atom. The van der Waals surface area contributed by atoms with E-state index in [0.29, 0.717) is 29.4 Å². The van der Waals surface area contributed by atoms with Crippen LogP contribution in [0.4, 0.5) is 5.69 Å². The third kappa shape index (κ3) is 5.06. The molecule has 1 saturated heterocycles. The molecule has 1 fully saturated rings. The number of ether oxygens (including phenoxy) is 1. The van der Waals surface area contributed by atoms with Crippen LogP contribution in [0.25, 0.3) is 11.0 Å². The van der Waals surface area contributed by atoms with Crippen molar-refractivity contribution in [2.24, 2.45) is 7.05 Å². The molecule has 2 heterocycles. The minimum Gasteiger partial charge on any atom is -0.368 e. The smallest absolute Gasteiger partial charge is 0.255 e. The van der Waals surface area contributed by atoms with E-state index in [2.05, 4.69) is 10.6 Å². The fourth-order valence-electron chi connectivity index (χ4n) is 3.71. The molecule has 4 rings (SSSR count). The summed E-state index contributed by atoms with van der Waals surface area (Å²) >= 11 is 5.88. The minimum atomic E-state index is -0.294. The summed E-state index contributed by atoms with van der Waals surface area (Å²) < 4.78 is 7.44. The molecular weight excluding hydrogens is 416 g/mol. The van der Waals surface area contributed by atoms with Crippen LogP contribution in [0.5, 0.6) is 0 Å². The monoisotopic (exact) mass is 440 g/mol. The van der Waals surface area contributed by atoms with Crippen LogP contribution >= 0.6 is 11.6 Å². The lowest BCUT2D eigenvalue weighted by molar-refractivity contribution is -0.130. The van der Waals surface area contributed by atoms with E-state index < -0.39 is 0 Å². The van der Waals surface area contributed by atoms with Crippen molar-refractivity contribution < 1.29 is 14.3 Å². The highest BCUT2D eigenvalue weighted by molar-refractivity contribution is 6.30. The third-order valence-corrected chi connectivity index (χ3v) is 5.69. The molecule has 0 radical (unpaired) electrons. The van der Waals surface area contributed by atoms with Crippen LogP contribution in [0.1, 0.15) is 35.4 Å². The predicted molar refractivity (Wildman–Crippen MR) is 120 cm³/mol. The number of nitrogens with one attached hydrogen (secondary N) is 2. The van der Waals surface area contributed by atoms with Gasteiger partial charge in [0.1, 0.15) is 11.9 Å². The summed E-state index contributed by atoms with van der Waals surface area (Å²) in [4.78, 5) is 29.2. The standard InChI is InChI=1S/C23H25ClN4O3/c1-28-19-11-10-17(26-22(29)15-6-8-16(24)9-7-15)14-18(19)27-21(28)5-2-12-25-23(30)20-4-3-13-31-20/h6-11,14,20H,2-5,12-13H2,1H3,(H,25,30)(H,26,29)/t20-/m0/s1. The van der Waals surface area contributed by atoms with Crippen molar-refractivity contribution in [1.82, 2.24) is 14.9 Å². The number of benzene rings is 2. The summed E-state index contributed by atoms with van der Waals surface area (Å²) in [5.41, 5.74) is 3.02. The van der Waals surface area contributed by atoms with E-state index in [4.69, 9.17) is 21.3 Å². The topological polar surface area (TPSA) is 85.2 Å². The minimum absolute atomic E-state index is 0.0245. The summed E-state index contributed by atoms with van der Waals surface area (Å²) in [6.07, 6.45) is 2.98. The average Bonchev–Trinajstić information content (AvgIpc) is 3.40. The van der Waals surface area contributed by atoms with E-state index in [1.165, 1.54) is 0 Å². The first-order valence-electron chi connectivity index (χ1n) is 10.4. The van der Waals surface area contributed by atoms with E-state index in [0.717, 1.165) is 42.5 Å². The van der Waals surface area contributed by atoms with Gasteiger partial charge in [0.15, 0.2) is 0 Å². The van der Waals surface area contributed by atoms with Crippen LogP contribution < -0.4 is 10.6 Å². The Balaban J connectivity index is 1.36. The van der Waals surface area contributed by atoms with Crippen molar-refractivity contribution in [3.05, 3.63) is 58.9 Å². The quantitative estimate of drug-likeness (QED) is 0.548. The summed E-state index contributed by atoms with van der Waals surface area (Å²) in [7, 11) is 1.97. The van der Waals surface area contributed by atoms with E-state index in [9.17, 15) is 9.59 Å². The van der Waals surface area contributed by atoms with Crippen LogP contribution in [0.15, 0.2) is 42.5 Å². The van der Waals surface area contributed by atoms with Gasteiger partial charge in [-0.15, -0.1) is 0 Å². The fraction of sp³-hybridized carbons (Fsp3) is 0.348. The Bertz CT molecular complexity index is 1090.